The highest BCUT2D eigenvalue weighted by Crippen LogP contribution is 2.35. The molecule has 0 bridgehead atoms. The van der Waals surface area contributed by atoms with Crippen LogP contribution in [-0.2, 0) is 4.57 Å². The third-order valence-electron chi connectivity index (χ3n) is 0.449. The lowest BCUT2D eigenvalue weighted by Crippen LogP contribution is -2.15. The van der Waals surface area contributed by atoms with Crippen molar-refractivity contribution in [2.75, 3.05) is 6.16 Å². The van der Waals surface area contributed by atoms with Crippen LogP contribution < -0.4 is 5.73 Å². The molecular weight excluding hydrogens is 148 g/mol. The largest absolute Gasteiger partial charge is 0.327 e. The summed E-state index contributed by atoms with van der Waals surface area (Å²) < 4.78 is 10.0. The Morgan fingerprint density at radius 1 is 1.75 bits per heavy atom. The van der Waals surface area contributed by atoms with Crippen LogP contribution in [-0.4, -0.2) is 21.7 Å². The van der Waals surface area contributed by atoms with E-state index < -0.39 is 13.4 Å². The molecule has 0 rings (SSSR count). The summed E-state index contributed by atoms with van der Waals surface area (Å²) in [6.07, 6.45) is -0.266. The molecule has 0 radical (unpaired) electrons. The van der Waals surface area contributed by atoms with Gasteiger partial charge in [-0.3, -0.25) is 4.57 Å². The van der Waals surface area contributed by atoms with Crippen molar-refractivity contribution < 1.29 is 14.4 Å². The number of nitrogens with two attached hydrogens (primary N) is 1. The predicted octanol–water partition coefficient (Wildman–Crippen LogP) is -0.676. The summed E-state index contributed by atoms with van der Waals surface area (Å²) in [5.74, 6) is -0.504. The molecule has 0 heterocycles. The van der Waals surface area contributed by atoms with Crippen LogP contribution in [0.5, 0.6) is 0 Å². The van der Waals surface area contributed by atoms with Gasteiger partial charge in [-0.25, -0.2) is 0 Å². The fraction of sp³-hybridized carbons (Fsp3) is 1.00. The van der Waals surface area contributed by atoms with Crippen molar-refractivity contribution in [1.29, 1.82) is 0 Å². The van der Waals surface area contributed by atoms with Gasteiger partial charge in [0, 0.05) is 5.78 Å². The number of rotatable bonds is 2. The zero-order valence-corrected chi connectivity index (χ0v) is 6.24. The number of hydrogen-bond acceptors (Lipinski definition) is 2. The molecule has 0 fully saturated rings. The molecule has 0 saturated heterocycles. The second-order valence-electron chi connectivity index (χ2n) is 1.51. The van der Waals surface area contributed by atoms with Gasteiger partial charge >= 0.3 is 7.60 Å². The second kappa shape index (κ2) is 2.90. The minimum absolute atomic E-state index is 0.266. The molecule has 0 aliphatic carbocycles. The van der Waals surface area contributed by atoms with Gasteiger partial charge in [-0.05, 0) is 0 Å². The molecule has 4 nitrogen and oxygen atoms in total. The minimum atomic E-state index is -3.87. The summed E-state index contributed by atoms with van der Waals surface area (Å²) in [6.45, 7) is 0. The summed E-state index contributed by atoms with van der Waals surface area (Å²) in [7, 11) is -1.76. The van der Waals surface area contributed by atoms with Gasteiger partial charge in [0.1, 0.15) is 0 Å². The first-order valence-electron chi connectivity index (χ1n) is 1.97. The molecule has 0 saturated carbocycles. The first-order valence-corrected chi connectivity index (χ1v) is 4.44. The third-order valence-corrected chi connectivity index (χ3v) is 1.98. The van der Waals surface area contributed by atoms with Gasteiger partial charge in [-0.15, -0.1) is 9.24 Å². The highest BCUT2D eigenvalue weighted by molar-refractivity contribution is 7.52. The van der Waals surface area contributed by atoms with Crippen LogP contribution in [0.3, 0.4) is 0 Å². The van der Waals surface area contributed by atoms with E-state index in [-0.39, 0.29) is 6.16 Å². The van der Waals surface area contributed by atoms with Gasteiger partial charge < -0.3 is 15.5 Å². The fourth-order valence-electron chi connectivity index (χ4n) is 0.275. The van der Waals surface area contributed by atoms with Gasteiger partial charge in [0.2, 0.25) is 0 Å². The van der Waals surface area contributed by atoms with Crippen LogP contribution in [0.15, 0.2) is 0 Å². The molecule has 0 spiro atoms. The van der Waals surface area contributed by atoms with E-state index in [1.807, 2.05) is 0 Å². The molecule has 2 unspecified atom stereocenters. The maximum atomic E-state index is 10.0. The first-order chi connectivity index (χ1) is 3.42. The average Bonchev–Trinajstić information content (AvgIpc) is 1.21. The Hall–Kier alpha value is 0.540. The van der Waals surface area contributed by atoms with Crippen LogP contribution in [0, 0.1) is 0 Å². The minimum Gasteiger partial charge on any atom is -0.324 e. The van der Waals surface area contributed by atoms with E-state index >= 15 is 0 Å². The molecular formula is C2H9NO3P2. The Morgan fingerprint density at radius 3 is 2.12 bits per heavy atom. The van der Waals surface area contributed by atoms with E-state index in [0.29, 0.717) is 0 Å². The normalized spacial score (nSPS) is 16.0. The third kappa shape index (κ3) is 6.54. The van der Waals surface area contributed by atoms with Crippen molar-refractivity contribution in [3.8, 4) is 0 Å². The maximum absolute atomic E-state index is 10.0. The lowest BCUT2D eigenvalue weighted by Gasteiger charge is -2.04. The Labute approximate surface area is 49.8 Å². The molecule has 8 heavy (non-hydrogen) atoms. The predicted molar refractivity (Wildman–Crippen MR) is 34.6 cm³/mol. The quantitative estimate of drug-likeness (QED) is 0.464. The van der Waals surface area contributed by atoms with Crippen LogP contribution in [0.4, 0.5) is 0 Å². The van der Waals surface area contributed by atoms with Crippen molar-refractivity contribution >= 4 is 16.8 Å². The first kappa shape index (κ1) is 8.54. The number of hydrogen-bond donors (Lipinski definition) is 3. The molecule has 4 N–H and O–H groups in total. The summed E-state index contributed by atoms with van der Waals surface area (Å²) >= 11 is 0. The van der Waals surface area contributed by atoms with Crippen molar-refractivity contribution in [2.24, 2.45) is 5.73 Å². The van der Waals surface area contributed by atoms with Crippen LogP contribution >= 0.6 is 16.8 Å². The van der Waals surface area contributed by atoms with E-state index in [1.165, 1.54) is 0 Å². The van der Waals surface area contributed by atoms with E-state index in [1.54, 1.807) is 0 Å². The van der Waals surface area contributed by atoms with Crippen molar-refractivity contribution in [1.82, 2.24) is 0 Å². The molecule has 0 aliphatic heterocycles. The molecule has 0 aliphatic rings. The lowest BCUT2D eigenvalue weighted by molar-refractivity contribution is 0.372. The smallest absolute Gasteiger partial charge is 0.324 e. The summed E-state index contributed by atoms with van der Waals surface area (Å²) in [4.78, 5) is 16.4. The average molecular weight is 157 g/mol. The molecule has 0 amide bonds. The van der Waals surface area contributed by atoms with Crippen molar-refractivity contribution in [2.45, 2.75) is 5.78 Å². The van der Waals surface area contributed by atoms with Crippen LogP contribution in [0.2, 0.25) is 0 Å². The van der Waals surface area contributed by atoms with E-state index in [0.717, 1.165) is 0 Å². The Morgan fingerprint density at radius 2 is 2.12 bits per heavy atom. The topological polar surface area (TPSA) is 83.6 Å². The Balaban J connectivity index is 3.56. The zero-order valence-electron chi connectivity index (χ0n) is 4.19. The van der Waals surface area contributed by atoms with Crippen LogP contribution in [0.25, 0.3) is 0 Å². The maximum Gasteiger partial charge on any atom is 0.327 e. The van der Waals surface area contributed by atoms with Gasteiger partial charge in [-0.1, -0.05) is 0 Å². The van der Waals surface area contributed by atoms with Crippen LogP contribution in [0.1, 0.15) is 0 Å². The molecule has 0 aromatic carbocycles. The molecule has 0 aromatic rings. The molecule has 50 valence electrons. The zero-order chi connectivity index (χ0) is 6.78. The summed E-state index contributed by atoms with van der Waals surface area (Å²) in [5.41, 5.74) is 5.05. The van der Waals surface area contributed by atoms with E-state index in [2.05, 4.69) is 9.24 Å². The SMILES string of the molecule is NC(P)CP(=O)(O)O. The molecule has 6 heteroatoms. The summed E-state index contributed by atoms with van der Waals surface area (Å²) in [6, 6.07) is 0. The monoisotopic (exact) mass is 157 g/mol. The van der Waals surface area contributed by atoms with Gasteiger partial charge in [0.25, 0.3) is 0 Å². The van der Waals surface area contributed by atoms with Gasteiger partial charge in [-0.2, -0.15) is 0 Å². The standard InChI is InChI=1S/C2H9NO3P2/c3-2(7)1-8(4,5)6/h2H,1,3,7H2,(H2,4,5,6). The Bertz CT molecular complexity index is 108. The lowest BCUT2D eigenvalue weighted by atomic mass is 10.8. The Kier molecular flexibility index (Phi) is 3.10. The molecule has 2 atom stereocenters. The molecule has 0 aromatic heterocycles. The highest BCUT2D eigenvalue weighted by Gasteiger charge is 2.14. The highest BCUT2D eigenvalue weighted by atomic mass is 31.2. The van der Waals surface area contributed by atoms with Crippen molar-refractivity contribution in [3.05, 3.63) is 0 Å². The second-order valence-corrected chi connectivity index (χ2v) is 4.06. The van der Waals surface area contributed by atoms with Gasteiger partial charge in [0.15, 0.2) is 0 Å². The van der Waals surface area contributed by atoms with E-state index in [9.17, 15) is 4.57 Å². The van der Waals surface area contributed by atoms with E-state index in [4.69, 9.17) is 15.5 Å². The van der Waals surface area contributed by atoms with Crippen molar-refractivity contribution in [3.63, 3.8) is 0 Å². The van der Waals surface area contributed by atoms with Gasteiger partial charge in [0.05, 0.1) is 6.16 Å². The summed E-state index contributed by atoms with van der Waals surface area (Å²) in [5, 5.41) is 0. The fourth-order valence-corrected chi connectivity index (χ4v) is 1.65.